The van der Waals surface area contributed by atoms with Crippen LogP contribution in [0.1, 0.15) is 46.4 Å². The SMILES string of the molecule is O=C1NC(=O)c2c1cccc2N1CCNCC1CC1CCN(C2CCNC2)CC1. The Bertz CT molecular complexity index is 783. The molecule has 1 aromatic carbocycles. The maximum atomic E-state index is 12.4. The van der Waals surface area contributed by atoms with Gasteiger partial charge in [-0.3, -0.25) is 19.8 Å². The lowest BCUT2D eigenvalue weighted by molar-refractivity contribution is 0.0879. The quantitative estimate of drug-likeness (QED) is 0.653. The number of carbonyl (C=O) groups excluding carboxylic acids is 2. The fraction of sp³-hybridized carbons (Fsp3) is 0.636. The summed E-state index contributed by atoms with van der Waals surface area (Å²) in [5.41, 5.74) is 2.00. The summed E-state index contributed by atoms with van der Waals surface area (Å²) in [5, 5.41) is 9.48. The summed E-state index contributed by atoms with van der Waals surface area (Å²) in [6.45, 7) is 7.42. The molecule has 2 amide bonds. The second kappa shape index (κ2) is 8.05. The third-order valence-electron chi connectivity index (χ3n) is 7.21. The largest absolute Gasteiger partial charge is 0.365 e. The normalized spacial score (nSPS) is 28.6. The van der Waals surface area contributed by atoms with Gasteiger partial charge in [0.05, 0.1) is 16.8 Å². The highest BCUT2D eigenvalue weighted by molar-refractivity contribution is 6.23. The van der Waals surface area contributed by atoms with Gasteiger partial charge in [0.15, 0.2) is 0 Å². The molecule has 156 valence electrons. The second-order valence-corrected chi connectivity index (χ2v) is 8.90. The number of nitrogens with one attached hydrogen (secondary N) is 3. The van der Waals surface area contributed by atoms with Crippen molar-refractivity contribution >= 4 is 17.5 Å². The zero-order chi connectivity index (χ0) is 19.8. The van der Waals surface area contributed by atoms with Crippen LogP contribution in [0.3, 0.4) is 0 Å². The molecule has 0 aromatic heterocycles. The molecule has 7 heteroatoms. The Kier molecular flexibility index (Phi) is 5.28. The highest BCUT2D eigenvalue weighted by atomic mass is 16.2. The van der Waals surface area contributed by atoms with Gasteiger partial charge in [-0.15, -0.1) is 0 Å². The number of fused-ring (bicyclic) bond motifs is 1. The first kappa shape index (κ1) is 19.0. The van der Waals surface area contributed by atoms with Crippen molar-refractivity contribution in [3.8, 4) is 0 Å². The summed E-state index contributed by atoms with van der Waals surface area (Å²) >= 11 is 0. The molecular formula is C22H31N5O2. The number of amides is 2. The van der Waals surface area contributed by atoms with Gasteiger partial charge in [-0.1, -0.05) is 6.07 Å². The van der Waals surface area contributed by atoms with Gasteiger partial charge in [-0.2, -0.15) is 0 Å². The number of nitrogens with zero attached hydrogens (tertiary/aromatic N) is 2. The van der Waals surface area contributed by atoms with Crippen LogP contribution in [0.2, 0.25) is 0 Å². The van der Waals surface area contributed by atoms with Crippen LogP contribution >= 0.6 is 0 Å². The number of piperidine rings is 1. The summed E-state index contributed by atoms with van der Waals surface area (Å²) < 4.78 is 0. The van der Waals surface area contributed by atoms with Gasteiger partial charge in [0.1, 0.15) is 0 Å². The van der Waals surface area contributed by atoms with E-state index in [2.05, 4.69) is 25.8 Å². The molecule has 7 nitrogen and oxygen atoms in total. The number of carbonyl (C=O) groups is 2. The van der Waals surface area contributed by atoms with Crippen molar-refractivity contribution in [2.24, 2.45) is 5.92 Å². The molecule has 0 spiro atoms. The van der Waals surface area contributed by atoms with Gasteiger partial charge in [-0.05, 0) is 63.4 Å². The number of hydrogen-bond acceptors (Lipinski definition) is 6. The predicted octanol–water partition coefficient (Wildman–Crippen LogP) is 0.812. The van der Waals surface area contributed by atoms with E-state index in [4.69, 9.17) is 0 Å². The smallest absolute Gasteiger partial charge is 0.261 e. The highest BCUT2D eigenvalue weighted by Gasteiger charge is 2.35. The van der Waals surface area contributed by atoms with Crippen LogP contribution in [-0.2, 0) is 0 Å². The highest BCUT2D eigenvalue weighted by Crippen LogP contribution is 2.33. The molecule has 4 aliphatic heterocycles. The van der Waals surface area contributed by atoms with E-state index in [1.165, 1.54) is 32.4 Å². The van der Waals surface area contributed by atoms with E-state index < -0.39 is 0 Å². The van der Waals surface area contributed by atoms with Crippen molar-refractivity contribution < 1.29 is 9.59 Å². The lowest BCUT2D eigenvalue weighted by atomic mass is 9.88. The Labute approximate surface area is 172 Å². The standard InChI is InChI=1S/C22H31N5O2/c28-21-18-2-1-3-19(20(18)22(29)25-21)27-11-8-24-14-17(27)12-15-5-9-26(10-6-15)16-4-7-23-13-16/h1-3,15-17,23-24H,4-14H2,(H,25,28,29). The van der Waals surface area contributed by atoms with Gasteiger partial charge >= 0.3 is 0 Å². The molecule has 3 fully saturated rings. The summed E-state index contributed by atoms with van der Waals surface area (Å²) in [6, 6.07) is 6.75. The maximum absolute atomic E-state index is 12.4. The molecule has 5 rings (SSSR count). The van der Waals surface area contributed by atoms with Gasteiger partial charge in [0, 0.05) is 38.3 Å². The van der Waals surface area contributed by atoms with Gasteiger partial charge in [0.2, 0.25) is 0 Å². The molecule has 3 saturated heterocycles. The monoisotopic (exact) mass is 397 g/mol. The van der Waals surface area contributed by atoms with Gasteiger partial charge < -0.3 is 15.5 Å². The molecule has 0 saturated carbocycles. The minimum atomic E-state index is -0.271. The van der Waals surface area contributed by atoms with E-state index in [0.29, 0.717) is 17.2 Å². The lowest BCUT2D eigenvalue weighted by Gasteiger charge is -2.42. The number of likely N-dealkylation sites (tertiary alicyclic amines) is 1. The van der Waals surface area contributed by atoms with Crippen LogP contribution in [0, 0.1) is 5.92 Å². The zero-order valence-electron chi connectivity index (χ0n) is 17.0. The Hall–Kier alpha value is -1.96. The first-order chi connectivity index (χ1) is 14.2. The maximum Gasteiger partial charge on any atom is 0.261 e. The third kappa shape index (κ3) is 3.67. The average Bonchev–Trinajstić information content (AvgIpc) is 3.38. The van der Waals surface area contributed by atoms with Crippen LogP contribution in [0.5, 0.6) is 0 Å². The molecule has 4 aliphatic rings. The van der Waals surface area contributed by atoms with Gasteiger partial charge in [-0.25, -0.2) is 0 Å². The second-order valence-electron chi connectivity index (χ2n) is 8.90. The van der Waals surface area contributed by atoms with Crippen LogP contribution < -0.4 is 20.9 Å². The van der Waals surface area contributed by atoms with Crippen LogP contribution in [0.15, 0.2) is 18.2 Å². The van der Waals surface area contributed by atoms with Crippen molar-refractivity contribution in [3.63, 3.8) is 0 Å². The molecule has 2 atom stereocenters. The van der Waals surface area contributed by atoms with E-state index in [1.807, 2.05) is 12.1 Å². The van der Waals surface area contributed by atoms with E-state index in [9.17, 15) is 9.59 Å². The zero-order valence-corrected chi connectivity index (χ0v) is 17.0. The molecule has 0 aliphatic carbocycles. The Morgan fingerprint density at radius 3 is 2.55 bits per heavy atom. The first-order valence-electron chi connectivity index (χ1n) is 11.1. The van der Waals surface area contributed by atoms with E-state index in [-0.39, 0.29) is 11.8 Å². The Morgan fingerprint density at radius 2 is 1.76 bits per heavy atom. The Balaban J connectivity index is 1.28. The fourth-order valence-corrected chi connectivity index (χ4v) is 5.62. The van der Waals surface area contributed by atoms with Crippen molar-refractivity contribution in [3.05, 3.63) is 29.3 Å². The molecule has 2 unspecified atom stereocenters. The van der Waals surface area contributed by atoms with Crippen molar-refractivity contribution in [2.75, 3.05) is 50.7 Å². The number of imide groups is 1. The molecule has 3 N–H and O–H groups in total. The fourth-order valence-electron chi connectivity index (χ4n) is 5.62. The number of benzene rings is 1. The molecular weight excluding hydrogens is 366 g/mol. The van der Waals surface area contributed by atoms with E-state index >= 15 is 0 Å². The summed E-state index contributed by atoms with van der Waals surface area (Å²) in [4.78, 5) is 29.5. The van der Waals surface area contributed by atoms with Crippen LogP contribution in [-0.4, -0.2) is 74.6 Å². The first-order valence-corrected chi connectivity index (χ1v) is 11.1. The lowest BCUT2D eigenvalue weighted by Crippen LogP contribution is -2.53. The van der Waals surface area contributed by atoms with Gasteiger partial charge in [0.25, 0.3) is 11.8 Å². The third-order valence-corrected chi connectivity index (χ3v) is 7.21. The van der Waals surface area contributed by atoms with Crippen molar-refractivity contribution in [1.29, 1.82) is 0 Å². The topological polar surface area (TPSA) is 76.7 Å². The van der Waals surface area contributed by atoms with Crippen molar-refractivity contribution in [2.45, 2.75) is 37.8 Å². The van der Waals surface area contributed by atoms with Crippen molar-refractivity contribution in [1.82, 2.24) is 20.9 Å². The number of piperazine rings is 1. The minimum absolute atomic E-state index is 0.253. The molecule has 0 bridgehead atoms. The molecule has 29 heavy (non-hydrogen) atoms. The Morgan fingerprint density at radius 1 is 0.931 bits per heavy atom. The summed E-state index contributed by atoms with van der Waals surface area (Å²) in [5.74, 6) is 0.198. The predicted molar refractivity (Wildman–Crippen MR) is 112 cm³/mol. The molecule has 4 heterocycles. The average molecular weight is 398 g/mol. The molecule has 0 radical (unpaired) electrons. The summed E-state index contributed by atoms with van der Waals surface area (Å²) in [6.07, 6.45) is 4.94. The van der Waals surface area contributed by atoms with Crippen LogP contribution in [0.25, 0.3) is 0 Å². The summed E-state index contributed by atoms with van der Waals surface area (Å²) in [7, 11) is 0. The van der Waals surface area contributed by atoms with E-state index in [0.717, 1.165) is 56.8 Å². The van der Waals surface area contributed by atoms with E-state index in [1.54, 1.807) is 6.07 Å². The van der Waals surface area contributed by atoms with Crippen LogP contribution in [0.4, 0.5) is 5.69 Å². The number of hydrogen-bond donors (Lipinski definition) is 3. The molecule has 1 aromatic rings. The minimum Gasteiger partial charge on any atom is -0.365 e. The number of anilines is 1. The number of rotatable bonds is 4.